The molecule has 0 saturated carbocycles. The molecule has 5 heteroatoms. The maximum atomic E-state index is 6.88. The minimum Gasteiger partial charge on any atom is -0.456 e. The van der Waals surface area contributed by atoms with E-state index in [-0.39, 0.29) is 5.41 Å². The smallest absolute Gasteiger partial charge is 0.137 e. The van der Waals surface area contributed by atoms with E-state index in [4.69, 9.17) is 4.42 Å². The fraction of sp³-hybridized carbons (Fsp3) is 0.0303. The number of anilines is 6. The van der Waals surface area contributed by atoms with Gasteiger partial charge in [0.05, 0.1) is 22.1 Å². The van der Waals surface area contributed by atoms with Crippen LogP contribution in [0.4, 0.5) is 34.1 Å². The summed E-state index contributed by atoms with van der Waals surface area (Å²) in [5.41, 5.74) is 31.9. The first-order valence-corrected chi connectivity index (χ1v) is 35.9. The second kappa shape index (κ2) is 24.4. The minimum absolute atomic E-state index is 0.111. The molecule has 19 aromatic rings. The number of hydrogen-bond acceptors (Lipinski definition) is 3. The van der Waals surface area contributed by atoms with Crippen molar-refractivity contribution in [2.45, 2.75) is 19.3 Å². The van der Waals surface area contributed by atoms with Gasteiger partial charge in [0, 0.05) is 89.3 Å². The van der Waals surface area contributed by atoms with Crippen LogP contribution >= 0.6 is 0 Å². The van der Waals surface area contributed by atoms with E-state index >= 15 is 0 Å². The standard InChI is InChI=1S/C99H68N4O/c1-99(2)91-27-15-12-24-83(91)84-56-51-81(63-92(84)99)102-93-28-16-13-25-85(93)89-61-79(53-58-95(89)102)101(77-47-38-71(39-48-77)67-22-10-5-11-23-67)78-49-40-72(41-50-78)68-30-32-73(33-31-68)74-42-55-87-88-57-52-82(64-98(88)104-97(87)60-74)103-94-29-17-14-26-86(94)90-62-80(54-59-96(90)103)100(75-43-34-69(35-44-75)65-18-6-3-7-19-65)76-45-36-70(37-46-76)66-20-8-4-9-21-66/h3-64H,1-2H3. The van der Waals surface area contributed by atoms with E-state index in [1.165, 1.54) is 93.9 Å². The maximum Gasteiger partial charge on any atom is 0.137 e. The van der Waals surface area contributed by atoms with Crippen molar-refractivity contribution < 1.29 is 4.42 Å². The lowest BCUT2D eigenvalue weighted by atomic mass is 9.82. The molecule has 0 N–H and O–H groups in total. The lowest BCUT2D eigenvalue weighted by molar-refractivity contribution is 0.660. The quantitative estimate of drug-likeness (QED) is 0.115. The van der Waals surface area contributed by atoms with Crippen molar-refractivity contribution in [2.24, 2.45) is 0 Å². The van der Waals surface area contributed by atoms with Crippen molar-refractivity contribution in [2.75, 3.05) is 9.80 Å². The molecule has 1 aliphatic carbocycles. The molecule has 1 aliphatic rings. The highest BCUT2D eigenvalue weighted by atomic mass is 16.3. The van der Waals surface area contributed by atoms with Gasteiger partial charge >= 0.3 is 0 Å². The normalized spacial score (nSPS) is 12.4. The third kappa shape index (κ3) is 10.1. The summed E-state index contributed by atoms with van der Waals surface area (Å²) in [6.45, 7) is 4.72. The van der Waals surface area contributed by atoms with E-state index in [0.717, 1.165) is 95.0 Å². The molecular weight excluding hydrogens is 1260 g/mol. The molecule has 0 saturated heterocycles. The molecule has 0 unspecified atom stereocenters. The Hall–Kier alpha value is -13.5. The Morgan fingerprint density at radius 1 is 0.221 bits per heavy atom. The number of benzene rings is 16. The number of rotatable bonds is 13. The Morgan fingerprint density at radius 2 is 0.548 bits per heavy atom. The van der Waals surface area contributed by atoms with E-state index in [1.807, 2.05) is 0 Å². The fourth-order valence-corrected chi connectivity index (χ4v) is 16.5. The van der Waals surface area contributed by atoms with E-state index < -0.39 is 0 Å². The first-order chi connectivity index (χ1) is 51.3. The summed E-state index contributed by atoms with van der Waals surface area (Å²) in [6.07, 6.45) is 0. The van der Waals surface area contributed by atoms with Crippen molar-refractivity contribution in [3.05, 3.63) is 387 Å². The average Bonchev–Trinajstić information content (AvgIpc) is 1.57. The van der Waals surface area contributed by atoms with Gasteiger partial charge in [0.15, 0.2) is 0 Å². The average molecular weight is 1330 g/mol. The second-order valence-corrected chi connectivity index (χ2v) is 28.0. The molecule has 0 aliphatic heterocycles. The summed E-state index contributed by atoms with van der Waals surface area (Å²) < 4.78 is 11.7. The molecule has 0 radical (unpaired) electrons. The summed E-state index contributed by atoms with van der Waals surface area (Å²) in [5, 5.41) is 6.95. The van der Waals surface area contributed by atoms with E-state index in [2.05, 4.69) is 409 Å². The largest absolute Gasteiger partial charge is 0.456 e. The Labute approximate surface area is 603 Å². The van der Waals surface area contributed by atoms with Crippen molar-refractivity contribution in [3.63, 3.8) is 0 Å². The highest BCUT2D eigenvalue weighted by Gasteiger charge is 2.36. The molecular formula is C99H68N4O. The van der Waals surface area contributed by atoms with Crippen LogP contribution in [0.3, 0.4) is 0 Å². The zero-order valence-electron chi connectivity index (χ0n) is 57.5. The van der Waals surface area contributed by atoms with Gasteiger partial charge in [-0.25, -0.2) is 0 Å². The Kier molecular flexibility index (Phi) is 14.2. The molecule has 3 aromatic heterocycles. The highest BCUT2D eigenvalue weighted by Crippen LogP contribution is 2.51. The SMILES string of the molecule is CC1(C)c2ccccc2-c2ccc(-n3c4ccccc4c4cc(N(c5ccc(-c6ccccc6)cc5)c5ccc(-c6ccc(-c7ccc8c(c7)oc7cc(-n9c%10ccccc%10c%10cc(N(c%11ccc(-c%12ccccc%12)cc%11)c%11ccc(-c%12ccccc%12)cc%11)ccc%109)ccc78)cc6)cc5)ccc43)cc21. The predicted molar refractivity (Wildman–Crippen MR) is 437 cm³/mol. The van der Waals surface area contributed by atoms with Gasteiger partial charge in [0.1, 0.15) is 11.2 Å². The molecule has 490 valence electrons. The Bertz CT molecular complexity index is 6420. The third-order valence-electron chi connectivity index (χ3n) is 21.7. The third-order valence-corrected chi connectivity index (χ3v) is 21.7. The Morgan fingerprint density at radius 3 is 1.02 bits per heavy atom. The number of hydrogen-bond donors (Lipinski definition) is 0. The summed E-state index contributed by atoms with van der Waals surface area (Å²) in [4.78, 5) is 4.76. The topological polar surface area (TPSA) is 29.5 Å². The lowest BCUT2D eigenvalue weighted by Crippen LogP contribution is -2.15. The summed E-state index contributed by atoms with van der Waals surface area (Å²) in [5.74, 6) is 0. The van der Waals surface area contributed by atoms with E-state index in [0.29, 0.717) is 0 Å². The number of para-hydroxylation sites is 2. The molecule has 0 amide bonds. The van der Waals surface area contributed by atoms with Crippen LogP contribution in [0.2, 0.25) is 0 Å². The summed E-state index contributed by atoms with van der Waals surface area (Å²) in [6, 6.07) is 137. The first-order valence-electron chi connectivity index (χ1n) is 35.9. The molecule has 104 heavy (non-hydrogen) atoms. The molecule has 0 bridgehead atoms. The van der Waals surface area contributed by atoms with Crippen molar-refractivity contribution in [1.29, 1.82) is 0 Å². The zero-order valence-corrected chi connectivity index (χ0v) is 57.5. The molecule has 0 spiro atoms. The molecule has 20 rings (SSSR count). The van der Waals surface area contributed by atoms with E-state index in [1.54, 1.807) is 0 Å². The van der Waals surface area contributed by atoms with Crippen LogP contribution in [-0.4, -0.2) is 9.13 Å². The monoisotopic (exact) mass is 1330 g/mol. The van der Waals surface area contributed by atoms with Crippen LogP contribution < -0.4 is 9.80 Å². The van der Waals surface area contributed by atoms with Gasteiger partial charge in [-0.1, -0.05) is 250 Å². The zero-order chi connectivity index (χ0) is 69.0. The minimum atomic E-state index is -0.111. The van der Waals surface area contributed by atoms with Gasteiger partial charge in [0.2, 0.25) is 0 Å². The summed E-state index contributed by atoms with van der Waals surface area (Å²) in [7, 11) is 0. The van der Waals surface area contributed by atoms with Gasteiger partial charge < -0.3 is 23.4 Å². The summed E-state index contributed by atoms with van der Waals surface area (Å²) >= 11 is 0. The van der Waals surface area contributed by atoms with Crippen molar-refractivity contribution >= 4 is 99.7 Å². The highest BCUT2D eigenvalue weighted by molar-refractivity contribution is 6.13. The molecule has 0 fully saturated rings. The van der Waals surface area contributed by atoms with Crippen molar-refractivity contribution in [1.82, 2.24) is 9.13 Å². The number of aromatic nitrogens is 2. The van der Waals surface area contributed by atoms with Crippen LogP contribution in [-0.2, 0) is 5.41 Å². The second-order valence-electron chi connectivity index (χ2n) is 28.0. The Balaban J connectivity index is 0.603. The molecule has 3 heterocycles. The molecule has 16 aromatic carbocycles. The van der Waals surface area contributed by atoms with Crippen LogP contribution in [0.1, 0.15) is 25.0 Å². The number of nitrogens with zero attached hydrogens (tertiary/aromatic N) is 4. The van der Waals surface area contributed by atoms with Gasteiger partial charge in [-0.3, -0.25) is 0 Å². The predicted octanol–water partition coefficient (Wildman–Crippen LogP) is 27.4. The van der Waals surface area contributed by atoms with Crippen LogP contribution in [0.5, 0.6) is 0 Å². The first kappa shape index (κ1) is 60.5. The maximum absolute atomic E-state index is 6.88. The van der Waals surface area contributed by atoms with Gasteiger partial charge in [-0.2, -0.15) is 0 Å². The van der Waals surface area contributed by atoms with Crippen LogP contribution in [0.15, 0.2) is 381 Å². The lowest BCUT2D eigenvalue weighted by Gasteiger charge is -2.26. The number of furan rings is 1. The molecule has 0 atom stereocenters. The van der Waals surface area contributed by atoms with E-state index in [9.17, 15) is 0 Å². The van der Waals surface area contributed by atoms with Gasteiger partial charge in [0.25, 0.3) is 0 Å². The van der Waals surface area contributed by atoms with Crippen molar-refractivity contribution in [3.8, 4) is 78.1 Å². The van der Waals surface area contributed by atoms with Crippen LogP contribution in [0, 0.1) is 0 Å². The number of fused-ring (bicyclic) bond motifs is 12. The van der Waals surface area contributed by atoms with Gasteiger partial charge in [-0.05, 0) is 211 Å². The fourth-order valence-electron chi connectivity index (χ4n) is 16.5. The van der Waals surface area contributed by atoms with Crippen LogP contribution in [0.25, 0.3) is 144 Å². The van der Waals surface area contributed by atoms with Gasteiger partial charge in [-0.15, -0.1) is 0 Å². The molecule has 5 nitrogen and oxygen atoms in total.